The number of likely N-dealkylation sites (N-methyl/N-ethyl adjacent to an activating group) is 1. The van der Waals surface area contributed by atoms with Crippen molar-refractivity contribution in [1.29, 1.82) is 0 Å². The van der Waals surface area contributed by atoms with Crippen LogP contribution < -0.4 is 30.7 Å². The number of aromatic hydroxyl groups is 1. The summed E-state index contributed by atoms with van der Waals surface area (Å²) in [4.78, 5) is 55.7. The molecule has 0 aromatic heterocycles. The van der Waals surface area contributed by atoms with Crippen LogP contribution in [0.25, 0.3) is 0 Å². The summed E-state index contributed by atoms with van der Waals surface area (Å²) in [6.07, 6.45) is 8.08. The average molecular weight is 1050 g/mol. The number of hydrogen-bond donors (Lipinski definition) is 5. The molecule has 1 fully saturated rings. The Morgan fingerprint density at radius 3 is 1.77 bits per heavy atom. The predicted octanol–water partition coefficient (Wildman–Crippen LogP) is 10.3. The Hall–Kier alpha value is -4.45. The van der Waals surface area contributed by atoms with E-state index in [-0.39, 0.29) is 47.3 Å². The summed E-state index contributed by atoms with van der Waals surface area (Å²) < 4.78 is 83.3. The van der Waals surface area contributed by atoms with Crippen molar-refractivity contribution in [3.8, 4) is 23.0 Å². The molecule has 3 aromatic rings. The van der Waals surface area contributed by atoms with Gasteiger partial charge in [-0.2, -0.15) is 0 Å². The van der Waals surface area contributed by atoms with E-state index in [9.17, 15) is 49.5 Å². The van der Waals surface area contributed by atoms with Crippen molar-refractivity contribution in [3.63, 3.8) is 0 Å². The van der Waals surface area contributed by atoms with E-state index < -0.39 is 69.8 Å². The van der Waals surface area contributed by atoms with Crippen LogP contribution in [0, 0.1) is 32.1 Å². The van der Waals surface area contributed by atoms with Crippen molar-refractivity contribution in [2.75, 3.05) is 14.2 Å². The number of phenols is 1. The van der Waals surface area contributed by atoms with Crippen molar-refractivity contribution in [1.82, 2.24) is 21.3 Å². The number of phenolic OH excluding ortho intramolecular Hbond substituents is 1. The fourth-order valence-corrected chi connectivity index (χ4v) is 6.87. The third-order valence-corrected chi connectivity index (χ3v) is 14.0. The first-order valence-corrected chi connectivity index (χ1v) is 24.6. The molecule has 5 N–H and O–H groups in total. The summed E-state index contributed by atoms with van der Waals surface area (Å²) in [5.41, 5.74) is 0.217. The molecule has 3 aliphatic rings. The second-order valence-corrected chi connectivity index (χ2v) is 23.7. The van der Waals surface area contributed by atoms with E-state index in [0.717, 1.165) is 0 Å². The zero-order chi connectivity index (χ0) is 48.5. The van der Waals surface area contributed by atoms with Gasteiger partial charge < -0.3 is 45.0 Å². The number of fused-ring (bicyclic) bond motifs is 9. The van der Waals surface area contributed by atoms with Crippen LogP contribution in [0.5, 0.6) is 23.0 Å². The Labute approximate surface area is 389 Å². The van der Waals surface area contributed by atoms with Gasteiger partial charge in [0.15, 0.2) is 19.8 Å². The van der Waals surface area contributed by atoms with E-state index in [1.54, 1.807) is 75.4 Å². The van der Waals surface area contributed by atoms with E-state index in [0.29, 0.717) is 16.9 Å². The molecule has 3 aromatic carbocycles. The Morgan fingerprint density at radius 1 is 0.785 bits per heavy atom. The second kappa shape index (κ2) is 21.5. The molecule has 6 rings (SSSR count). The minimum Gasteiger partial charge on any atom is -0.0312 e. The van der Waals surface area contributed by atoms with Gasteiger partial charge in [-0.25, -0.2) is 4.79 Å². The summed E-state index contributed by atoms with van der Waals surface area (Å²) in [5, 5.41) is 21.5. The van der Waals surface area contributed by atoms with E-state index in [4.69, 9.17) is 18.6 Å². The molecular weight excluding hydrogens is 991 g/mol. The summed E-state index contributed by atoms with van der Waals surface area (Å²) in [7, 11) is -10.6. The molecule has 4 bridgehead atoms. The molecule has 0 unspecified atom stereocenters. The molecule has 5 radical (unpaired) electrons. The molecule has 65 heavy (non-hydrogen) atoms. The van der Waals surface area contributed by atoms with Gasteiger partial charge in [-0.15, -0.1) is 0 Å². The second-order valence-electron chi connectivity index (χ2n) is 17.0. The van der Waals surface area contributed by atoms with Gasteiger partial charge in [-0.3, -0.25) is 14.4 Å². The number of carbonyl (C=O) groups excluding carboxylic acids is 4. The molecule has 359 valence electrons. The predicted molar refractivity (Wildman–Crippen MR) is 233 cm³/mol. The Morgan fingerprint density at radius 2 is 1.31 bits per heavy atom. The Bertz CT molecular complexity index is 2090. The van der Waals surface area contributed by atoms with Gasteiger partial charge in [0.05, 0.1) is 13.2 Å². The molecule has 1 aliphatic carbocycles. The number of rotatable bonds is 6. The number of alkyl carbamates (subject to hydrolysis) is 1. The van der Waals surface area contributed by atoms with Crippen LogP contribution in [0.15, 0.2) is 66.7 Å². The first-order valence-electron chi connectivity index (χ1n) is 19.7. The summed E-state index contributed by atoms with van der Waals surface area (Å²) >= 11 is 0. The van der Waals surface area contributed by atoms with Gasteiger partial charge >= 0.3 is 58.6 Å². The Kier molecular flexibility index (Phi) is 18.7. The molecule has 0 saturated heterocycles. The number of halogens is 6. The van der Waals surface area contributed by atoms with Gasteiger partial charge in [0.2, 0.25) is 23.5 Å². The summed E-state index contributed by atoms with van der Waals surface area (Å²) in [6, 6.07) is 13.9. The van der Waals surface area contributed by atoms with Crippen LogP contribution in [0.1, 0.15) is 76.4 Å². The van der Waals surface area contributed by atoms with E-state index in [1.807, 2.05) is 45.2 Å². The Balaban J connectivity index is 0.000000972. The molecule has 1 saturated carbocycles. The van der Waals surface area contributed by atoms with Gasteiger partial charge in [-0.05, 0) is 112 Å². The minimum atomic E-state index is -10.7. The maximum atomic E-state index is 14.6. The number of methoxy groups -OCH3 is 1. The molecule has 0 spiro atoms. The summed E-state index contributed by atoms with van der Waals surface area (Å²) in [6.45, 7) is 15.3. The topological polar surface area (TPSA) is 174 Å². The fourth-order valence-electron chi connectivity index (χ4n) is 5.61. The van der Waals surface area contributed by atoms with Crippen molar-refractivity contribution >= 4 is 39.9 Å². The summed E-state index contributed by atoms with van der Waals surface area (Å²) in [5.74, 6) is -2.03. The largest absolute Gasteiger partial charge is 2.00 e. The molecular formula is C43H55F6N4O9PRuSi+. The van der Waals surface area contributed by atoms with Crippen molar-refractivity contribution < 1.29 is 87.6 Å². The zero-order valence-electron chi connectivity index (χ0n) is 37.3. The number of amides is 4. The molecule has 2 heterocycles. The van der Waals surface area contributed by atoms with E-state index in [1.165, 1.54) is 26.3 Å². The van der Waals surface area contributed by atoms with Crippen molar-refractivity contribution in [2.24, 2.45) is 0 Å². The third-order valence-electron chi connectivity index (χ3n) is 9.55. The van der Waals surface area contributed by atoms with Crippen LogP contribution in [-0.4, -0.2) is 63.0 Å². The van der Waals surface area contributed by atoms with Gasteiger partial charge in [0.1, 0.15) is 29.5 Å². The van der Waals surface area contributed by atoms with E-state index >= 15 is 0 Å². The average Bonchev–Trinajstić information content (AvgIpc) is 3.76. The monoisotopic (exact) mass is 1050 g/mol. The maximum absolute atomic E-state index is 14.6. The molecule has 13 nitrogen and oxygen atoms in total. The van der Waals surface area contributed by atoms with Crippen LogP contribution in [-0.2, 0) is 43.0 Å². The van der Waals surface area contributed by atoms with Gasteiger partial charge in [0, 0.05) is 7.05 Å². The number of benzene rings is 3. The number of carbonyl (C=O) groups is 4. The van der Waals surface area contributed by atoms with Crippen LogP contribution >= 0.6 is 7.81 Å². The van der Waals surface area contributed by atoms with E-state index in [2.05, 4.69) is 42.0 Å². The number of ether oxygens (including phenoxy) is 3. The minimum absolute atomic E-state index is 0. The molecule has 4 atom stereocenters. The third kappa shape index (κ3) is 19.1. The first kappa shape index (κ1) is 56.7. The van der Waals surface area contributed by atoms with Gasteiger partial charge in [0.25, 0.3) is 0 Å². The van der Waals surface area contributed by atoms with Gasteiger partial charge in [-0.1, -0.05) is 63.2 Å². The van der Waals surface area contributed by atoms with Crippen molar-refractivity contribution in [2.45, 2.75) is 89.5 Å². The smallest absolute Gasteiger partial charge is 0.0312 e. The van der Waals surface area contributed by atoms with Crippen LogP contribution in [0.3, 0.4) is 0 Å². The molecule has 22 heteroatoms. The maximum Gasteiger partial charge on any atom is 2.00 e. The normalized spacial score (nSPS) is 20.2. The number of nitrogens with one attached hydrogen (secondary N) is 4. The molecule has 2 aliphatic heterocycles. The first-order chi connectivity index (χ1) is 29.2. The zero-order valence-corrected chi connectivity index (χ0v) is 41.0. The fraction of sp³-hybridized carbons (Fsp3) is 0.372. The SMILES string of the molecule is CNC(=O)[C@H]1NC(=O)[C@H](c2ccccc2)NC(=O)[C@@H](NC(=O)OC(C)(C)C)[C@@H](O[Si](C)(C)C(C)(C)C)c2ccc(cc2)Oc2cc1cc(O)c2OC.F[P-](F)(F)(F)(F)F.[CH]1[CH][CH][CH][CH]1.[Ru+2]. The quantitative estimate of drug-likeness (QED) is 0.0915. The molecule has 4 amide bonds. The van der Waals surface area contributed by atoms with Crippen LogP contribution in [0.2, 0.25) is 18.1 Å². The number of hydrogen-bond acceptors (Lipinski definition) is 9. The van der Waals surface area contributed by atoms with Crippen LogP contribution in [0.4, 0.5) is 30.0 Å². The standard InChI is InChI=1S/C38H50N4O9Si.C5H5.F6P.Ru/c1-37(2,3)50-36(47)42-30-31(51-52(9,10)38(4,5)6)23-16-18-25(19-17-23)49-27-21-24(20-26(43)32(27)48-8)29(33(44)39-7)41-34(45)28(40-35(30)46)22-14-12-11-13-15-22;1-2-4-5-3-1;1-7(2,3,4,5)6;/h11-21,28-31,43H,1-10H3,(H,39,44)(H,40,46)(H,41,45)(H,42,47);1-5H;;/q;;-1;+2/t28-,29-,30-,31-;;;/m0.../s1. The van der Waals surface area contributed by atoms with Crippen molar-refractivity contribution in [3.05, 3.63) is 116 Å².